The summed E-state index contributed by atoms with van der Waals surface area (Å²) in [5, 5.41) is 6.51. The van der Waals surface area contributed by atoms with Gasteiger partial charge in [0.1, 0.15) is 0 Å². The van der Waals surface area contributed by atoms with Crippen molar-refractivity contribution in [2.45, 2.75) is 26.3 Å². The van der Waals surface area contributed by atoms with E-state index in [0.29, 0.717) is 43.2 Å². The van der Waals surface area contributed by atoms with Crippen molar-refractivity contribution in [3.05, 3.63) is 46.0 Å². The highest BCUT2D eigenvalue weighted by atomic mass is 79.9. The van der Waals surface area contributed by atoms with Gasteiger partial charge in [0.05, 0.1) is 12.1 Å². The Morgan fingerprint density at radius 1 is 1.32 bits per heavy atom. The van der Waals surface area contributed by atoms with Gasteiger partial charge in [0.25, 0.3) is 5.91 Å². The summed E-state index contributed by atoms with van der Waals surface area (Å²) in [6, 6.07) is 7.38. The summed E-state index contributed by atoms with van der Waals surface area (Å²) in [4.78, 5) is 30.7. The lowest BCUT2D eigenvalue weighted by atomic mass is 9.95. The molecule has 0 bridgehead atoms. The molecule has 2 heterocycles. The first-order valence-electron chi connectivity index (χ1n) is 8.15. The summed E-state index contributed by atoms with van der Waals surface area (Å²) in [6.45, 7) is 3.10. The minimum atomic E-state index is -0.104. The van der Waals surface area contributed by atoms with Gasteiger partial charge < -0.3 is 14.7 Å². The normalized spacial score (nSPS) is 15.2. The zero-order valence-electron chi connectivity index (χ0n) is 13.9. The van der Waals surface area contributed by atoms with Crippen LogP contribution in [0.5, 0.6) is 0 Å². The zero-order chi connectivity index (χ0) is 17.8. The van der Waals surface area contributed by atoms with E-state index in [0.717, 1.165) is 4.47 Å². The van der Waals surface area contributed by atoms with Crippen molar-refractivity contribution in [3.8, 4) is 0 Å². The van der Waals surface area contributed by atoms with E-state index in [-0.39, 0.29) is 24.3 Å². The number of halogens is 1. The van der Waals surface area contributed by atoms with Crippen molar-refractivity contribution in [1.29, 1.82) is 0 Å². The number of likely N-dealkylation sites (tertiary alicyclic amines) is 1. The Kier molecular flexibility index (Phi) is 5.47. The van der Waals surface area contributed by atoms with Gasteiger partial charge in [0, 0.05) is 23.5 Å². The van der Waals surface area contributed by atoms with Crippen molar-refractivity contribution in [1.82, 2.24) is 20.4 Å². The summed E-state index contributed by atoms with van der Waals surface area (Å²) >= 11 is 3.41. The van der Waals surface area contributed by atoms with E-state index in [1.807, 2.05) is 18.2 Å². The lowest BCUT2D eigenvalue weighted by molar-refractivity contribution is -0.126. The van der Waals surface area contributed by atoms with E-state index in [2.05, 4.69) is 31.4 Å². The average molecular weight is 407 g/mol. The van der Waals surface area contributed by atoms with Gasteiger partial charge in [0.2, 0.25) is 11.8 Å². The molecule has 3 rings (SSSR count). The highest BCUT2D eigenvalue weighted by molar-refractivity contribution is 9.10. The second-order valence-electron chi connectivity index (χ2n) is 6.00. The Balaban J connectivity index is 1.50. The number of nitrogens with one attached hydrogen (secondary N) is 1. The van der Waals surface area contributed by atoms with E-state index < -0.39 is 0 Å². The van der Waals surface area contributed by atoms with E-state index in [4.69, 9.17) is 4.52 Å². The molecule has 1 N–H and O–H groups in total. The Bertz CT molecular complexity index is 769. The number of hydrogen-bond acceptors (Lipinski definition) is 5. The van der Waals surface area contributed by atoms with Gasteiger partial charge in [-0.1, -0.05) is 17.3 Å². The average Bonchev–Trinajstić information content (AvgIpc) is 3.05. The molecule has 0 atom stereocenters. The standard InChI is InChI=1S/C17H19BrN4O3/c1-11-20-15(25-21-11)10-19-16(23)12-6-8-22(9-7-12)17(24)13-4-2-3-5-14(13)18/h2-5,12H,6-10H2,1H3,(H,19,23). The molecular formula is C17H19BrN4O3. The van der Waals surface area contributed by atoms with Crippen LogP contribution in [0.15, 0.2) is 33.3 Å². The van der Waals surface area contributed by atoms with Crippen molar-refractivity contribution in [2.24, 2.45) is 5.92 Å². The predicted molar refractivity (Wildman–Crippen MR) is 93.7 cm³/mol. The number of aromatic nitrogens is 2. The molecule has 1 aliphatic rings. The Morgan fingerprint density at radius 3 is 2.68 bits per heavy atom. The van der Waals surface area contributed by atoms with Crippen LogP contribution in [-0.2, 0) is 11.3 Å². The van der Waals surface area contributed by atoms with Crippen molar-refractivity contribution < 1.29 is 14.1 Å². The van der Waals surface area contributed by atoms with E-state index >= 15 is 0 Å². The van der Waals surface area contributed by atoms with Gasteiger partial charge in [-0.3, -0.25) is 9.59 Å². The monoisotopic (exact) mass is 406 g/mol. The largest absolute Gasteiger partial charge is 0.347 e. The molecule has 1 saturated heterocycles. The Hall–Kier alpha value is -2.22. The molecule has 0 spiro atoms. The van der Waals surface area contributed by atoms with E-state index in [1.165, 1.54) is 0 Å². The van der Waals surface area contributed by atoms with Crippen LogP contribution in [0.2, 0.25) is 0 Å². The number of amides is 2. The number of nitrogens with zero attached hydrogens (tertiary/aromatic N) is 3. The fourth-order valence-electron chi connectivity index (χ4n) is 2.87. The molecule has 25 heavy (non-hydrogen) atoms. The molecular weight excluding hydrogens is 388 g/mol. The number of benzene rings is 1. The van der Waals surface area contributed by atoms with Gasteiger partial charge in [-0.15, -0.1) is 0 Å². The van der Waals surface area contributed by atoms with Gasteiger partial charge in [-0.2, -0.15) is 4.98 Å². The SMILES string of the molecule is Cc1noc(CNC(=O)C2CCN(C(=O)c3ccccc3Br)CC2)n1. The Morgan fingerprint density at radius 2 is 2.04 bits per heavy atom. The number of rotatable bonds is 4. The molecule has 132 valence electrons. The number of carbonyl (C=O) groups is 2. The second-order valence-corrected chi connectivity index (χ2v) is 6.85. The van der Waals surface area contributed by atoms with Crippen LogP contribution in [-0.4, -0.2) is 39.9 Å². The predicted octanol–water partition coefficient (Wildman–Crippen LogP) is 2.31. The summed E-state index contributed by atoms with van der Waals surface area (Å²) in [6.07, 6.45) is 1.29. The molecule has 0 saturated carbocycles. The molecule has 1 aromatic heterocycles. The minimum absolute atomic E-state index is 0.00679. The molecule has 0 radical (unpaired) electrons. The number of hydrogen-bond donors (Lipinski definition) is 1. The van der Waals surface area contributed by atoms with Gasteiger partial charge >= 0.3 is 0 Å². The number of carbonyl (C=O) groups excluding carboxylic acids is 2. The first-order valence-corrected chi connectivity index (χ1v) is 8.94. The van der Waals surface area contributed by atoms with Gasteiger partial charge in [-0.25, -0.2) is 0 Å². The summed E-state index contributed by atoms with van der Waals surface area (Å²) < 4.78 is 5.76. The first-order chi connectivity index (χ1) is 12.0. The third-order valence-corrected chi connectivity index (χ3v) is 4.93. The minimum Gasteiger partial charge on any atom is -0.347 e. The van der Waals surface area contributed by atoms with Crippen molar-refractivity contribution >= 4 is 27.7 Å². The molecule has 2 aromatic rings. The molecule has 0 aliphatic carbocycles. The van der Waals surface area contributed by atoms with Crippen LogP contribution in [0.4, 0.5) is 0 Å². The van der Waals surface area contributed by atoms with Gasteiger partial charge in [-0.05, 0) is 47.8 Å². The highest BCUT2D eigenvalue weighted by Gasteiger charge is 2.28. The first kappa shape index (κ1) is 17.6. The highest BCUT2D eigenvalue weighted by Crippen LogP contribution is 2.22. The molecule has 8 heteroatoms. The summed E-state index contributed by atoms with van der Waals surface area (Å²) in [7, 11) is 0. The number of piperidine rings is 1. The molecule has 1 aliphatic heterocycles. The van der Waals surface area contributed by atoms with Gasteiger partial charge in [0.15, 0.2) is 5.82 Å². The maximum atomic E-state index is 12.6. The van der Waals surface area contributed by atoms with Crippen molar-refractivity contribution in [3.63, 3.8) is 0 Å². The van der Waals surface area contributed by atoms with Crippen LogP contribution < -0.4 is 5.32 Å². The third kappa shape index (κ3) is 4.25. The van der Waals surface area contributed by atoms with E-state index in [9.17, 15) is 9.59 Å². The zero-order valence-corrected chi connectivity index (χ0v) is 15.5. The van der Waals surface area contributed by atoms with Crippen LogP contribution >= 0.6 is 15.9 Å². The smallest absolute Gasteiger partial charge is 0.254 e. The maximum Gasteiger partial charge on any atom is 0.254 e. The summed E-state index contributed by atoms with van der Waals surface area (Å²) in [5.41, 5.74) is 0.650. The fraction of sp³-hybridized carbons (Fsp3) is 0.412. The maximum absolute atomic E-state index is 12.6. The van der Waals surface area contributed by atoms with Crippen LogP contribution in [0.25, 0.3) is 0 Å². The lowest BCUT2D eigenvalue weighted by Gasteiger charge is -2.31. The second kappa shape index (κ2) is 7.77. The van der Waals surface area contributed by atoms with Crippen LogP contribution in [0.3, 0.4) is 0 Å². The van der Waals surface area contributed by atoms with E-state index in [1.54, 1.807) is 17.9 Å². The Labute approximate surface area is 153 Å². The molecule has 1 aromatic carbocycles. The quantitative estimate of drug-likeness (QED) is 0.841. The van der Waals surface area contributed by atoms with Crippen LogP contribution in [0, 0.1) is 12.8 Å². The third-order valence-electron chi connectivity index (χ3n) is 4.24. The van der Waals surface area contributed by atoms with Crippen LogP contribution in [0.1, 0.15) is 34.9 Å². The molecule has 0 unspecified atom stereocenters. The molecule has 1 fully saturated rings. The summed E-state index contributed by atoms with van der Waals surface area (Å²) in [5.74, 6) is 0.791. The fourth-order valence-corrected chi connectivity index (χ4v) is 3.32. The lowest BCUT2D eigenvalue weighted by Crippen LogP contribution is -2.43. The molecule has 7 nitrogen and oxygen atoms in total. The number of aryl methyl sites for hydroxylation is 1. The molecule has 2 amide bonds. The topological polar surface area (TPSA) is 88.3 Å². The van der Waals surface area contributed by atoms with Crippen molar-refractivity contribution in [2.75, 3.05) is 13.1 Å².